The molecule has 0 aromatic heterocycles. The van der Waals surface area contributed by atoms with Crippen LogP contribution in [0, 0.1) is 23.2 Å². The summed E-state index contributed by atoms with van der Waals surface area (Å²) >= 11 is 11.9. The number of carbonyl (C=O) groups excluding carboxylic acids is 2. The van der Waals surface area contributed by atoms with Gasteiger partial charge in [0.2, 0.25) is 21.8 Å². The molecule has 4 saturated carbocycles. The van der Waals surface area contributed by atoms with Crippen molar-refractivity contribution in [3.8, 4) is 0 Å². The number of rotatable bonds is 6. The molecule has 0 radical (unpaired) electrons. The van der Waals surface area contributed by atoms with Crippen LogP contribution in [0.15, 0.2) is 23.1 Å². The van der Waals surface area contributed by atoms with Gasteiger partial charge in [0.1, 0.15) is 5.54 Å². The third-order valence-corrected chi connectivity index (χ3v) is 9.27. The zero-order chi connectivity index (χ0) is 22.8. The number of amides is 2. The van der Waals surface area contributed by atoms with Crippen LogP contribution in [0.1, 0.15) is 46.0 Å². The number of halogens is 2. The third kappa shape index (κ3) is 4.19. The van der Waals surface area contributed by atoms with E-state index < -0.39 is 26.9 Å². The van der Waals surface area contributed by atoms with Crippen LogP contribution in [-0.2, 0) is 19.6 Å². The molecule has 7 nitrogen and oxygen atoms in total. The Morgan fingerprint density at radius 3 is 2.13 bits per heavy atom. The molecule has 2 unspecified atom stereocenters. The SMILES string of the molecule is CC(C)(NS(=O)(=O)c1cc(Cl)cc(Cl)c1)C(=O)NC1C2CC3CC1CC(C(N)=O)(C3)C2. The molecule has 5 rings (SSSR count). The Hall–Kier alpha value is -1.35. The van der Waals surface area contributed by atoms with Gasteiger partial charge in [-0.1, -0.05) is 23.2 Å². The predicted octanol–water partition coefficient (Wildman–Crippen LogP) is 2.85. The van der Waals surface area contributed by atoms with Crippen molar-refractivity contribution in [2.24, 2.45) is 28.9 Å². The molecule has 2 amide bonds. The second-order valence-corrected chi connectivity index (χ2v) is 12.5. The van der Waals surface area contributed by atoms with Crippen molar-refractivity contribution in [3.05, 3.63) is 28.2 Å². The number of nitrogens with one attached hydrogen (secondary N) is 2. The second kappa shape index (κ2) is 7.61. The average Bonchev–Trinajstić information content (AvgIpc) is 2.62. The number of hydrogen-bond donors (Lipinski definition) is 3. The maximum Gasteiger partial charge on any atom is 0.241 e. The highest BCUT2D eigenvalue weighted by Gasteiger charge is 2.58. The molecular weight excluding hydrogens is 461 g/mol. The second-order valence-electron chi connectivity index (χ2n) is 9.95. The van der Waals surface area contributed by atoms with Gasteiger partial charge in [-0.3, -0.25) is 9.59 Å². The van der Waals surface area contributed by atoms with Gasteiger partial charge in [0.05, 0.1) is 4.90 Å². The molecule has 1 aromatic rings. The van der Waals surface area contributed by atoms with Crippen molar-refractivity contribution in [2.45, 2.75) is 62.4 Å². The van der Waals surface area contributed by atoms with Crippen LogP contribution in [0.25, 0.3) is 0 Å². The van der Waals surface area contributed by atoms with Crippen molar-refractivity contribution in [3.63, 3.8) is 0 Å². The molecule has 170 valence electrons. The monoisotopic (exact) mass is 487 g/mol. The molecule has 4 aliphatic carbocycles. The molecule has 0 aliphatic heterocycles. The van der Waals surface area contributed by atoms with Crippen molar-refractivity contribution in [1.82, 2.24) is 10.0 Å². The van der Waals surface area contributed by atoms with Gasteiger partial charge >= 0.3 is 0 Å². The highest BCUT2D eigenvalue weighted by molar-refractivity contribution is 7.89. The van der Waals surface area contributed by atoms with Crippen LogP contribution in [0.4, 0.5) is 0 Å². The first-order chi connectivity index (χ1) is 14.3. The fraction of sp³-hybridized carbons (Fsp3) is 0.619. The normalized spacial score (nSPS) is 32.1. The molecule has 2 atom stereocenters. The van der Waals surface area contributed by atoms with Crippen LogP contribution in [-0.4, -0.2) is 31.8 Å². The summed E-state index contributed by atoms with van der Waals surface area (Å²) in [5.74, 6) is 0.195. The van der Waals surface area contributed by atoms with Gasteiger partial charge in [-0.2, -0.15) is 4.72 Å². The van der Waals surface area contributed by atoms with Crippen molar-refractivity contribution in [1.29, 1.82) is 0 Å². The average molecular weight is 488 g/mol. The first kappa shape index (κ1) is 22.8. The van der Waals surface area contributed by atoms with E-state index in [-0.39, 0.29) is 38.7 Å². The standard InChI is InChI=1S/C21H27Cl2N3O4S/c1-20(2,26-31(29,30)16-6-14(22)5-15(23)7-16)19(28)25-17-12-3-11-4-13(17)10-21(8-11,9-12)18(24)27/h5-7,11-13,17,26H,3-4,8-10H2,1-2H3,(H2,24,27)(H,25,28). The van der Waals surface area contributed by atoms with Crippen molar-refractivity contribution in [2.75, 3.05) is 0 Å². The van der Waals surface area contributed by atoms with Gasteiger partial charge in [-0.15, -0.1) is 0 Å². The van der Waals surface area contributed by atoms with Gasteiger partial charge in [0.25, 0.3) is 0 Å². The molecule has 4 bridgehead atoms. The third-order valence-electron chi connectivity index (χ3n) is 7.20. The van der Waals surface area contributed by atoms with E-state index in [9.17, 15) is 18.0 Å². The van der Waals surface area contributed by atoms with E-state index in [1.54, 1.807) is 0 Å². The lowest BCUT2D eigenvalue weighted by atomic mass is 9.47. The number of primary amides is 1. The minimum absolute atomic E-state index is 0.0825. The van der Waals surface area contributed by atoms with Gasteiger partial charge in [0.15, 0.2) is 0 Å². The Kier molecular flexibility index (Phi) is 5.60. The van der Waals surface area contributed by atoms with Gasteiger partial charge in [-0.05, 0) is 81.9 Å². The van der Waals surface area contributed by atoms with E-state index in [1.165, 1.54) is 32.0 Å². The number of sulfonamides is 1. The molecule has 1 aromatic carbocycles. The summed E-state index contributed by atoms with van der Waals surface area (Å²) in [6.07, 6.45) is 4.15. The zero-order valence-corrected chi connectivity index (χ0v) is 19.8. The van der Waals surface area contributed by atoms with Crippen molar-refractivity contribution >= 4 is 45.0 Å². The lowest BCUT2D eigenvalue weighted by molar-refractivity contribution is -0.148. The highest BCUT2D eigenvalue weighted by atomic mass is 35.5. The topological polar surface area (TPSA) is 118 Å². The van der Waals surface area contributed by atoms with Crippen LogP contribution in [0.3, 0.4) is 0 Å². The van der Waals surface area contributed by atoms with Gasteiger partial charge < -0.3 is 11.1 Å². The molecule has 10 heteroatoms. The molecule has 0 heterocycles. The Morgan fingerprint density at radius 2 is 1.61 bits per heavy atom. The van der Waals surface area contributed by atoms with E-state index in [4.69, 9.17) is 28.9 Å². The Labute approximate surface area is 192 Å². The molecule has 0 spiro atoms. The van der Waals surface area contributed by atoms with Gasteiger partial charge in [0, 0.05) is 21.5 Å². The Morgan fingerprint density at radius 1 is 1.06 bits per heavy atom. The van der Waals surface area contributed by atoms with Crippen molar-refractivity contribution < 1.29 is 18.0 Å². The van der Waals surface area contributed by atoms with Crippen LogP contribution >= 0.6 is 23.2 Å². The van der Waals surface area contributed by atoms with E-state index in [2.05, 4.69) is 10.0 Å². The number of benzene rings is 1. The zero-order valence-electron chi connectivity index (χ0n) is 17.5. The van der Waals surface area contributed by atoms with E-state index in [0.29, 0.717) is 18.8 Å². The van der Waals surface area contributed by atoms with E-state index >= 15 is 0 Å². The quantitative estimate of drug-likeness (QED) is 0.571. The fourth-order valence-electron chi connectivity index (χ4n) is 6.02. The minimum atomic E-state index is -4.03. The van der Waals surface area contributed by atoms with Crippen LogP contribution in [0.2, 0.25) is 10.0 Å². The number of hydrogen-bond acceptors (Lipinski definition) is 4. The van der Waals surface area contributed by atoms with E-state index in [0.717, 1.165) is 19.3 Å². The summed E-state index contributed by atoms with van der Waals surface area (Å²) in [5.41, 5.74) is 3.89. The molecular formula is C21H27Cl2N3O4S. The Bertz CT molecular complexity index is 1010. The van der Waals surface area contributed by atoms with E-state index in [1.807, 2.05) is 0 Å². The Balaban J connectivity index is 1.49. The highest BCUT2D eigenvalue weighted by Crippen LogP contribution is 2.59. The smallest absolute Gasteiger partial charge is 0.241 e. The molecule has 4 aliphatic rings. The minimum Gasteiger partial charge on any atom is -0.369 e. The molecule has 0 saturated heterocycles. The first-order valence-electron chi connectivity index (χ1n) is 10.4. The summed E-state index contributed by atoms with van der Waals surface area (Å²) in [4.78, 5) is 25.1. The van der Waals surface area contributed by atoms with Gasteiger partial charge in [-0.25, -0.2) is 8.42 Å². The summed E-state index contributed by atoms with van der Waals surface area (Å²) < 4.78 is 28.2. The first-order valence-corrected chi connectivity index (χ1v) is 12.7. The summed E-state index contributed by atoms with van der Waals surface area (Å²) in [7, 11) is -4.03. The fourth-order valence-corrected chi connectivity index (χ4v) is 8.12. The maximum atomic E-state index is 13.1. The number of carbonyl (C=O) groups is 2. The van der Waals surface area contributed by atoms with Crippen LogP contribution < -0.4 is 15.8 Å². The largest absolute Gasteiger partial charge is 0.369 e. The lowest BCUT2D eigenvalue weighted by Gasteiger charge is -2.59. The maximum absolute atomic E-state index is 13.1. The summed E-state index contributed by atoms with van der Waals surface area (Å²) in [6, 6.07) is 3.92. The van der Waals surface area contributed by atoms with Crippen LogP contribution in [0.5, 0.6) is 0 Å². The molecule has 4 N–H and O–H groups in total. The summed E-state index contributed by atoms with van der Waals surface area (Å²) in [5, 5.41) is 3.46. The lowest BCUT2D eigenvalue weighted by Crippen LogP contribution is -2.65. The molecule has 4 fully saturated rings. The predicted molar refractivity (Wildman–Crippen MR) is 118 cm³/mol. The number of nitrogens with two attached hydrogens (primary N) is 1. The summed E-state index contributed by atoms with van der Waals surface area (Å²) in [6.45, 7) is 3.04. The molecule has 31 heavy (non-hydrogen) atoms.